The Hall–Kier alpha value is -2.49. The smallest absolute Gasteiger partial charge is 0.243 e. The molecule has 1 saturated heterocycles. The summed E-state index contributed by atoms with van der Waals surface area (Å²) in [6.45, 7) is 0.360. The maximum absolute atomic E-state index is 13.7. The molecule has 0 unspecified atom stereocenters. The molecule has 8 nitrogen and oxygen atoms in total. The van der Waals surface area contributed by atoms with E-state index in [2.05, 4.69) is 0 Å². The number of amides is 2. The van der Waals surface area contributed by atoms with E-state index in [0.717, 1.165) is 36.5 Å². The predicted molar refractivity (Wildman–Crippen MR) is 127 cm³/mol. The number of hydrogen-bond donors (Lipinski definition) is 2. The second-order valence-electron chi connectivity index (χ2n) is 9.23. The highest BCUT2D eigenvalue weighted by Gasteiger charge is 2.36. The first kappa shape index (κ1) is 23.7. The van der Waals surface area contributed by atoms with Crippen molar-refractivity contribution in [3.8, 4) is 0 Å². The number of primary amides is 1. The van der Waals surface area contributed by atoms with Gasteiger partial charge in [-0.05, 0) is 67.3 Å². The first-order chi connectivity index (χ1) is 15.8. The Morgan fingerprint density at radius 1 is 1.00 bits per heavy atom. The highest BCUT2D eigenvalue weighted by Crippen LogP contribution is 2.28. The molecule has 1 saturated carbocycles. The summed E-state index contributed by atoms with van der Waals surface area (Å²) in [6.07, 6.45) is 4.53. The molecule has 178 valence electrons. The van der Waals surface area contributed by atoms with E-state index in [1.165, 1.54) is 9.21 Å². The van der Waals surface area contributed by atoms with Crippen LogP contribution in [-0.4, -0.2) is 61.2 Å². The van der Waals surface area contributed by atoms with E-state index < -0.39 is 22.0 Å². The Kier molecular flexibility index (Phi) is 7.02. The molecule has 1 aliphatic heterocycles. The van der Waals surface area contributed by atoms with Crippen molar-refractivity contribution in [2.75, 3.05) is 19.6 Å². The van der Waals surface area contributed by atoms with Gasteiger partial charge in [-0.2, -0.15) is 4.31 Å². The number of nitrogens with zero attached hydrogens (tertiary/aromatic N) is 2. The molecule has 0 radical (unpaired) electrons. The molecule has 0 aromatic heterocycles. The number of carbonyl (C=O) groups excluding carboxylic acids is 2. The molecule has 1 atom stereocenters. The highest BCUT2D eigenvalue weighted by atomic mass is 32.2. The van der Waals surface area contributed by atoms with Gasteiger partial charge in [-0.15, -0.1) is 0 Å². The van der Waals surface area contributed by atoms with Gasteiger partial charge in [0.25, 0.3) is 0 Å². The Bertz CT molecular complexity index is 1130. The van der Waals surface area contributed by atoms with Crippen LogP contribution in [0.15, 0.2) is 47.4 Å². The van der Waals surface area contributed by atoms with Crippen LogP contribution in [0.2, 0.25) is 0 Å². The number of fused-ring (bicyclic) bond motifs is 1. The van der Waals surface area contributed by atoms with Crippen LogP contribution in [0.4, 0.5) is 0 Å². The molecule has 4 rings (SSSR count). The topological polar surface area (TPSA) is 127 Å². The Labute approximate surface area is 194 Å². The van der Waals surface area contributed by atoms with Gasteiger partial charge in [0.05, 0.1) is 11.4 Å². The lowest BCUT2D eigenvalue weighted by atomic mass is 9.86. The minimum Gasteiger partial charge on any atom is -0.368 e. The van der Waals surface area contributed by atoms with Crippen LogP contribution in [0, 0.1) is 5.92 Å². The van der Waals surface area contributed by atoms with E-state index in [1.54, 1.807) is 18.2 Å². The van der Waals surface area contributed by atoms with Crippen LogP contribution < -0.4 is 11.5 Å². The second kappa shape index (κ2) is 9.79. The van der Waals surface area contributed by atoms with Gasteiger partial charge < -0.3 is 16.4 Å². The summed E-state index contributed by atoms with van der Waals surface area (Å²) in [5, 5.41) is 1.77. The second-order valence-corrected chi connectivity index (χ2v) is 11.2. The normalized spacial score (nSPS) is 23.8. The zero-order valence-electron chi connectivity index (χ0n) is 18.7. The monoisotopic (exact) mass is 472 g/mol. The number of nitrogens with two attached hydrogens (primary N) is 2. The Morgan fingerprint density at radius 3 is 2.39 bits per heavy atom. The minimum atomic E-state index is -3.93. The summed E-state index contributed by atoms with van der Waals surface area (Å²) in [6, 6.07) is 12.1. The Morgan fingerprint density at radius 2 is 1.70 bits per heavy atom. The molecule has 2 amide bonds. The van der Waals surface area contributed by atoms with Crippen LogP contribution in [-0.2, 0) is 19.6 Å². The van der Waals surface area contributed by atoms with Crippen molar-refractivity contribution in [2.45, 2.75) is 55.5 Å². The minimum absolute atomic E-state index is 0.137. The lowest BCUT2D eigenvalue weighted by molar-refractivity contribution is -0.137. The summed E-state index contributed by atoms with van der Waals surface area (Å²) in [7, 11) is -3.93. The van der Waals surface area contributed by atoms with Gasteiger partial charge in [-0.25, -0.2) is 8.42 Å². The summed E-state index contributed by atoms with van der Waals surface area (Å²) in [4.78, 5) is 26.5. The molecular formula is C24H32N4O4S. The first-order valence-corrected chi connectivity index (χ1v) is 13.0. The van der Waals surface area contributed by atoms with Crippen molar-refractivity contribution in [3.05, 3.63) is 42.5 Å². The van der Waals surface area contributed by atoms with Crippen molar-refractivity contribution < 1.29 is 18.0 Å². The fourth-order valence-electron chi connectivity index (χ4n) is 4.99. The van der Waals surface area contributed by atoms with Gasteiger partial charge >= 0.3 is 0 Å². The zero-order valence-corrected chi connectivity index (χ0v) is 19.5. The summed E-state index contributed by atoms with van der Waals surface area (Å²) in [5.41, 5.74) is 11.5. The van der Waals surface area contributed by atoms with Crippen LogP contribution in [0.5, 0.6) is 0 Å². The SMILES string of the molecule is NC(=O)[C@@H]1CCCN1C(=O)CN(CC1CCC(N)CC1)S(=O)(=O)c1ccc2ccccc2c1. The largest absolute Gasteiger partial charge is 0.368 e. The van der Waals surface area contributed by atoms with Gasteiger partial charge in [0.2, 0.25) is 21.8 Å². The Balaban J connectivity index is 1.62. The van der Waals surface area contributed by atoms with E-state index in [1.807, 2.05) is 24.3 Å². The van der Waals surface area contributed by atoms with Gasteiger partial charge in [0.1, 0.15) is 6.04 Å². The van der Waals surface area contributed by atoms with Crippen molar-refractivity contribution in [1.29, 1.82) is 0 Å². The molecule has 2 aromatic rings. The first-order valence-electron chi connectivity index (χ1n) is 11.6. The summed E-state index contributed by atoms with van der Waals surface area (Å²) >= 11 is 0. The number of likely N-dealkylation sites (tertiary alicyclic amines) is 1. The van der Waals surface area contributed by atoms with Crippen LogP contribution in [0.25, 0.3) is 10.8 Å². The van der Waals surface area contributed by atoms with Gasteiger partial charge in [0.15, 0.2) is 0 Å². The van der Waals surface area contributed by atoms with Crippen molar-refractivity contribution >= 4 is 32.6 Å². The fourth-order valence-corrected chi connectivity index (χ4v) is 6.49. The molecule has 2 aromatic carbocycles. The van der Waals surface area contributed by atoms with Gasteiger partial charge in [-0.1, -0.05) is 30.3 Å². The molecule has 1 heterocycles. The predicted octanol–water partition coefficient (Wildman–Crippen LogP) is 1.82. The third kappa shape index (κ3) is 5.20. The van der Waals surface area contributed by atoms with E-state index >= 15 is 0 Å². The van der Waals surface area contributed by atoms with Crippen LogP contribution >= 0.6 is 0 Å². The molecule has 4 N–H and O–H groups in total. The van der Waals surface area contributed by atoms with Gasteiger partial charge in [0, 0.05) is 19.1 Å². The highest BCUT2D eigenvalue weighted by molar-refractivity contribution is 7.89. The molecule has 0 spiro atoms. The molecule has 2 aliphatic rings. The number of hydrogen-bond acceptors (Lipinski definition) is 5. The lowest BCUT2D eigenvalue weighted by Crippen LogP contribution is -2.49. The average molecular weight is 473 g/mol. The summed E-state index contributed by atoms with van der Waals surface area (Å²) in [5.74, 6) is -0.794. The van der Waals surface area contributed by atoms with E-state index in [4.69, 9.17) is 11.5 Å². The van der Waals surface area contributed by atoms with Crippen molar-refractivity contribution in [1.82, 2.24) is 9.21 Å². The van der Waals surface area contributed by atoms with Gasteiger partial charge in [-0.3, -0.25) is 9.59 Å². The fraction of sp³-hybridized carbons (Fsp3) is 0.500. The summed E-state index contributed by atoms with van der Waals surface area (Å²) < 4.78 is 28.7. The maximum Gasteiger partial charge on any atom is 0.243 e. The average Bonchev–Trinajstić information content (AvgIpc) is 3.30. The van der Waals surface area contributed by atoms with E-state index in [0.29, 0.717) is 19.4 Å². The molecule has 2 fully saturated rings. The molecule has 9 heteroatoms. The molecule has 1 aliphatic carbocycles. The molecule has 33 heavy (non-hydrogen) atoms. The van der Waals surface area contributed by atoms with E-state index in [9.17, 15) is 18.0 Å². The maximum atomic E-state index is 13.7. The van der Waals surface area contributed by atoms with Crippen molar-refractivity contribution in [2.24, 2.45) is 17.4 Å². The third-order valence-electron chi connectivity index (χ3n) is 6.93. The van der Waals surface area contributed by atoms with Crippen LogP contribution in [0.3, 0.4) is 0 Å². The third-order valence-corrected chi connectivity index (χ3v) is 8.73. The zero-order chi connectivity index (χ0) is 23.6. The van der Waals surface area contributed by atoms with Crippen LogP contribution in [0.1, 0.15) is 38.5 Å². The number of benzene rings is 2. The van der Waals surface area contributed by atoms with Crippen molar-refractivity contribution in [3.63, 3.8) is 0 Å². The molecular weight excluding hydrogens is 440 g/mol. The number of rotatable bonds is 7. The lowest BCUT2D eigenvalue weighted by Gasteiger charge is -2.32. The molecule has 0 bridgehead atoms. The number of sulfonamides is 1. The standard InChI is InChI=1S/C24H32N4O4S/c25-20-10-7-17(8-11-20)15-27(16-23(29)28-13-3-6-22(28)24(26)30)33(31,32)21-12-9-18-4-1-2-5-19(18)14-21/h1-2,4-5,9,12,14,17,20,22H,3,6-8,10-11,13,15-16,25H2,(H2,26,30)/t17?,20?,22-/m0/s1. The quantitative estimate of drug-likeness (QED) is 0.636. The number of carbonyl (C=O) groups is 2. The van der Waals surface area contributed by atoms with E-state index in [-0.39, 0.29) is 35.9 Å².